The fourth-order valence-electron chi connectivity index (χ4n) is 1.80. The number of hydrogen-bond donors (Lipinski definition) is 3. The van der Waals surface area contributed by atoms with Crippen LogP contribution in [0.25, 0.3) is 0 Å². The number of hydrogen-bond acceptors (Lipinski definition) is 4. The van der Waals surface area contributed by atoms with Gasteiger partial charge < -0.3 is 10.6 Å². The van der Waals surface area contributed by atoms with E-state index < -0.39 is 0 Å². The fraction of sp³-hybridized carbons (Fsp3) is 0.312. The highest BCUT2D eigenvalue weighted by molar-refractivity contribution is 7.15. The van der Waals surface area contributed by atoms with Gasteiger partial charge in [0.25, 0.3) is 0 Å². The van der Waals surface area contributed by atoms with Crippen LogP contribution in [0.2, 0.25) is 0 Å². The molecule has 122 valence electrons. The fourth-order valence-corrected chi connectivity index (χ4v) is 2.62. The minimum atomic E-state index is -0.329. The largest absolute Gasteiger partial charge is 0.352 e. The first kappa shape index (κ1) is 17.0. The smallest absolute Gasteiger partial charge is 0.325 e. The summed E-state index contributed by atoms with van der Waals surface area (Å²) < 4.78 is 0. The zero-order valence-electron chi connectivity index (χ0n) is 13.3. The van der Waals surface area contributed by atoms with Gasteiger partial charge in [0.2, 0.25) is 5.91 Å². The Kier molecular flexibility index (Phi) is 5.70. The summed E-state index contributed by atoms with van der Waals surface area (Å²) in [6.07, 6.45) is 1.78. The van der Waals surface area contributed by atoms with Crippen molar-refractivity contribution in [2.45, 2.75) is 33.2 Å². The molecule has 23 heavy (non-hydrogen) atoms. The molecular formula is C16H20N4O2S. The molecule has 0 aliphatic heterocycles. The van der Waals surface area contributed by atoms with Crippen LogP contribution in [0.4, 0.5) is 15.6 Å². The van der Waals surface area contributed by atoms with Gasteiger partial charge in [-0.1, -0.05) is 26.0 Å². The van der Waals surface area contributed by atoms with Crippen LogP contribution in [0.15, 0.2) is 30.5 Å². The van der Waals surface area contributed by atoms with E-state index in [1.165, 1.54) is 18.3 Å². The summed E-state index contributed by atoms with van der Waals surface area (Å²) in [6.45, 7) is 6.11. The number of amides is 3. The monoisotopic (exact) mass is 332 g/mol. The van der Waals surface area contributed by atoms with Gasteiger partial charge in [0.15, 0.2) is 5.13 Å². The second-order valence-corrected chi connectivity index (χ2v) is 6.47. The predicted molar refractivity (Wildman–Crippen MR) is 92.8 cm³/mol. The van der Waals surface area contributed by atoms with Crippen LogP contribution in [0.5, 0.6) is 0 Å². The number of benzene rings is 1. The molecule has 0 atom stereocenters. The lowest BCUT2D eigenvalue weighted by atomic mass is 10.2. The summed E-state index contributed by atoms with van der Waals surface area (Å²) in [7, 11) is 0. The molecule has 6 nitrogen and oxygen atoms in total. The second-order valence-electron chi connectivity index (χ2n) is 5.41. The molecule has 0 radical (unpaired) electrons. The molecule has 7 heteroatoms. The number of nitrogens with one attached hydrogen (secondary N) is 3. The van der Waals surface area contributed by atoms with Crippen LogP contribution in [0.3, 0.4) is 0 Å². The molecule has 3 amide bonds. The van der Waals surface area contributed by atoms with E-state index in [-0.39, 0.29) is 11.9 Å². The summed E-state index contributed by atoms with van der Waals surface area (Å²) in [5.41, 5.74) is 1.64. The van der Waals surface area contributed by atoms with Crippen LogP contribution >= 0.6 is 11.3 Å². The van der Waals surface area contributed by atoms with Gasteiger partial charge in [-0.25, -0.2) is 9.78 Å². The highest BCUT2D eigenvalue weighted by Gasteiger charge is 2.08. The minimum absolute atomic E-state index is 0.0733. The number of urea groups is 1. The van der Waals surface area contributed by atoms with Crippen molar-refractivity contribution >= 4 is 34.1 Å². The molecule has 1 heterocycles. The third-order valence-electron chi connectivity index (χ3n) is 3.07. The third kappa shape index (κ3) is 5.37. The summed E-state index contributed by atoms with van der Waals surface area (Å²) in [4.78, 5) is 28.1. The molecule has 2 aromatic rings. The number of carbonyl (C=O) groups excluding carboxylic acids is 2. The van der Waals surface area contributed by atoms with E-state index in [1.54, 1.807) is 18.3 Å². The number of nitrogens with zero attached hydrogens (tertiary/aromatic N) is 1. The van der Waals surface area contributed by atoms with Crippen LogP contribution in [0, 0.1) is 0 Å². The van der Waals surface area contributed by atoms with Gasteiger partial charge in [0.1, 0.15) is 0 Å². The Morgan fingerprint density at radius 2 is 1.87 bits per heavy atom. The lowest BCUT2D eigenvalue weighted by Gasteiger charge is -2.07. The molecule has 2 rings (SSSR count). The van der Waals surface area contributed by atoms with Gasteiger partial charge >= 0.3 is 6.03 Å². The molecule has 1 aromatic carbocycles. The minimum Gasteiger partial charge on any atom is -0.352 e. The SMILES string of the molecule is CC(=O)NCc1ccc(NC(=O)Nc2ncc(C(C)C)s2)cc1. The zero-order chi connectivity index (χ0) is 16.8. The Labute approximate surface area is 139 Å². The molecule has 0 unspecified atom stereocenters. The summed E-state index contributed by atoms with van der Waals surface area (Å²) in [5, 5.41) is 8.77. The zero-order valence-corrected chi connectivity index (χ0v) is 14.2. The Morgan fingerprint density at radius 3 is 2.43 bits per heavy atom. The molecule has 0 saturated heterocycles. The van der Waals surface area contributed by atoms with Crippen LogP contribution < -0.4 is 16.0 Å². The molecule has 0 fully saturated rings. The Balaban J connectivity index is 1.88. The van der Waals surface area contributed by atoms with Crippen LogP contribution in [-0.2, 0) is 11.3 Å². The van der Waals surface area contributed by atoms with Crippen molar-refractivity contribution in [2.24, 2.45) is 0 Å². The lowest BCUT2D eigenvalue weighted by molar-refractivity contribution is -0.119. The van der Waals surface area contributed by atoms with E-state index in [0.717, 1.165) is 10.4 Å². The van der Waals surface area contributed by atoms with Gasteiger partial charge in [0, 0.05) is 30.2 Å². The Bertz CT molecular complexity index is 680. The Hall–Kier alpha value is -2.41. The Morgan fingerprint density at radius 1 is 1.17 bits per heavy atom. The quantitative estimate of drug-likeness (QED) is 0.783. The number of anilines is 2. The van der Waals surface area contributed by atoms with E-state index in [4.69, 9.17) is 0 Å². The van der Waals surface area contributed by atoms with Crippen molar-refractivity contribution in [3.05, 3.63) is 40.9 Å². The number of thiazole rings is 1. The van der Waals surface area contributed by atoms with E-state index in [0.29, 0.717) is 23.3 Å². The average molecular weight is 332 g/mol. The lowest BCUT2D eigenvalue weighted by Crippen LogP contribution is -2.20. The van der Waals surface area contributed by atoms with Gasteiger partial charge in [-0.05, 0) is 23.6 Å². The van der Waals surface area contributed by atoms with E-state index >= 15 is 0 Å². The molecule has 1 aromatic heterocycles. The average Bonchev–Trinajstić information content (AvgIpc) is 2.95. The number of aromatic nitrogens is 1. The molecule has 0 spiro atoms. The van der Waals surface area contributed by atoms with E-state index in [9.17, 15) is 9.59 Å². The summed E-state index contributed by atoms with van der Waals surface area (Å²) in [6, 6.07) is 6.96. The molecule has 0 aliphatic carbocycles. The predicted octanol–water partition coefficient (Wildman–Crippen LogP) is 3.55. The van der Waals surface area contributed by atoms with Crippen molar-refractivity contribution in [1.82, 2.24) is 10.3 Å². The first-order valence-corrected chi connectivity index (χ1v) is 8.13. The first-order valence-electron chi connectivity index (χ1n) is 7.31. The highest BCUT2D eigenvalue weighted by Crippen LogP contribution is 2.25. The maximum absolute atomic E-state index is 11.9. The van der Waals surface area contributed by atoms with Gasteiger partial charge in [0.05, 0.1) is 0 Å². The maximum atomic E-state index is 11.9. The second kappa shape index (κ2) is 7.73. The molecule has 3 N–H and O–H groups in total. The standard InChI is InChI=1S/C16H20N4O2S/c1-10(2)14-9-18-16(23-14)20-15(22)19-13-6-4-12(5-7-13)8-17-11(3)21/h4-7,9-10H,8H2,1-3H3,(H,17,21)(H2,18,19,20,22). The first-order chi connectivity index (χ1) is 10.9. The van der Waals surface area contributed by atoms with E-state index in [2.05, 4.69) is 34.8 Å². The van der Waals surface area contributed by atoms with E-state index in [1.807, 2.05) is 12.1 Å². The van der Waals surface area contributed by atoms with Crippen molar-refractivity contribution in [3.8, 4) is 0 Å². The molecule has 0 bridgehead atoms. The summed E-state index contributed by atoms with van der Waals surface area (Å²) in [5.74, 6) is 0.318. The van der Waals surface area contributed by atoms with Crippen LogP contribution in [0.1, 0.15) is 37.1 Å². The topological polar surface area (TPSA) is 83.1 Å². The van der Waals surface area contributed by atoms with Crippen molar-refractivity contribution < 1.29 is 9.59 Å². The molecule has 0 saturated carbocycles. The van der Waals surface area contributed by atoms with Crippen LogP contribution in [-0.4, -0.2) is 16.9 Å². The number of carbonyl (C=O) groups is 2. The normalized spacial score (nSPS) is 10.4. The maximum Gasteiger partial charge on any atom is 0.325 e. The van der Waals surface area contributed by atoms with Crippen molar-refractivity contribution in [2.75, 3.05) is 10.6 Å². The van der Waals surface area contributed by atoms with Crippen molar-refractivity contribution in [3.63, 3.8) is 0 Å². The molecular weight excluding hydrogens is 312 g/mol. The van der Waals surface area contributed by atoms with Gasteiger partial charge in [-0.15, -0.1) is 11.3 Å². The van der Waals surface area contributed by atoms with Gasteiger partial charge in [-0.3, -0.25) is 10.1 Å². The summed E-state index contributed by atoms with van der Waals surface area (Å²) >= 11 is 1.47. The van der Waals surface area contributed by atoms with Gasteiger partial charge in [-0.2, -0.15) is 0 Å². The third-order valence-corrected chi connectivity index (χ3v) is 4.28. The van der Waals surface area contributed by atoms with Crippen molar-refractivity contribution in [1.29, 1.82) is 0 Å². The molecule has 0 aliphatic rings. The highest BCUT2D eigenvalue weighted by atomic mass is 32.1. The number of rotatable bonds is 5.